The van der Waals surface area contributed by atoms with Crippen LogP contribution in [0.5, 0.6) is 0 Å². The van der Waals surface area contributed by atoms with Gasteiger partial charge in [-0.25, -0.2) is 0 Å². The summed E-state index contributed by atoms with van der Waals surface area (Å²) in [6.45, 7) is 4.60. The van der Waals surface area contributed by atoms with E-state index in [1.807, 2.05) is 23.9 Å². The van der Waals surface area contributed by atoms with Gasteiger partial charge >= 0.3 is 0 Å². The first-order valence-corrected chi connectivity index (χ1v) is 5.70. The molecule has 1 aliphatic rings. The Balaban J connectivity index is 1.87. The molecule has 0 bridgehead atoms. The third-order valence-corrected chi connectivity index (χ3v) is 3.08. The Morgan fingerprint density at radius 2 is 2.44 bits per heavy atom. The molecule has 1 amide bonds. The van der Waals surface area contributed by atoms with Crippen molar-refractivity contribution in [1.82, 2.24) is 14.7 Å². The van der Waals surface area contributed by atoms with Gasteiger partial charge in [0.05, 0.1) is 18.3 Å². The van der Waals surface area contributed by atoms with Gasteiger partial charge in [0.25, 0.3) is 0 Å². The Kier molecular flexibility index (Phi) is 3.24. The van der Waals surface area contributed by atoms with Gasteiger partial charge in [0.1, 0.15) is 0 Å². The van der Waals surface area contributed by atoms with Crippen LogP contribution in [0.15, 0.2) is 12.3 Å². The number of hydrogen-bond donors (Lipinski definition) is 1. The van der Waals surface area contributed by atoms with Crippen molar-refractivity contribution in [2.24, 2.45) is 5.73 Å². The first kappa shape index (κ1) is 11.1. The summed E-state index contributed by atoms with van der Waals surface area (Å²) in [7, 11) is 0. The SMILES string of the molecule is Cc1ccn(CCN2CCC[C@H]2C(N)=O)n1. The van der Waals surface area contributed by atoms with Crippen LogP contribution in [0, 0.1) is 6.92 Å². The van der Waals surface area contributed by atoms with Crippen LogP contribution < -0.4 is 5.73 Å². The zero-order valence-corrected chi connectivity index (χ0v) is 9.59. The van der Waals surface area contributed by atoms with E-state index in [0.717, 1.165) is 38.2 Å². The molecule has 5 nitrogen and oxygen atoms in total. The summed E-state index contributed by atoms with van der Waals surface area (Å²) in [5, 5.41) is 4.32. The highest BCUT2D eigenvalue weighted by molar-refractivity contribution is 5.80. The van der Waals surface area contributed by atoms with Crippen molar-refractivity contribution in [3.8, 4) is 0 Å². The highest BCUT2D eigenvalue weighted by Gasteiger charge is 2.28. The van der Waals surface area contributed by atoms with E-state index in [4.69, 9.17) is 5.73 Å². The second kappa shape index (κ2) is 4.65. The Labute approximate surface area is 95.2 Å². The van der Waals surface area contributed by atoms with Gasteiger partial charge in [0.2, 0.25) is 5.91 Å². The molecule has 0 radical (unpaired) electrons. The first-order chi connectivity index (χ1) is 7.66. The molecule has 0 spiro atoms. The summed E-state index contributed by atoms with van der Waals surface area (Å²) in [6.07, 6.45) is 3.92. The quantitative estimate of drug-likeness (QED) is 0.788. The number of rotatable bonds is 4. The lowest BCUT2D eigenvalue weighted by molar-refractivity contribution is -0.122. The van der Waals surface area contributed by atoms with Gasteiger partial charge in [0, 0.05) is 12.7 Å². The van der Waals surface area contributed by atoms with Crippen molar-refractivity contribution in [1.29, 1.82) is 0 Å². The number of primary amides is 1. The fourth-order valence-electron chi connectivity index (χ4n) is 2.23. The fourth-order valence-corrected chi connectivity index (χ4v) is 2.23. The largest absolute Gasteiger partial charge is 0.368 e. The van der Waals surface area contributed by atoms with Crippen molar-refractivity contribution in [2.75, 3.05) is 13.1 Å². The molecule has 0 aromatic carbocycles. The van der Waals surface area contributed by atoms with E-state index in [1.165, 1.54) is 0 Å². The molecule has 2 rings (SSSR count). The maximum atomic E-state index is 11.2. The second-order valence-electron chi connectivity index (χ2n) is 4.32. The van der Waals surface area contributed by atoms with Crippen molar-refractivity contribution in [3.63, 3.8) is 0 Å². The molecule has 16 heavy (non-hydrogen) atoms. The van der Waals surface area contributed by atoms with Crippen LogP contribution in [0.1, 0.15) is 18.5 Å². The van der Waals surface area contributed by atoms with Crippen molar-refractivity contribution in [2.45, 2.75) is 32.4 Å². The summed E-state index contributed by atoms with van der Waals surface area (Å²) in [5.74, 6) is -0.200. The number of hydrogen-bond acceptors (Lipinski definition) is 3. The predicted molar refractivity (Wildman–Crippen MR) is 60.8 cm³/mol. The number of aromatic nitrogens is 2. The minimum absolute atomic E-state index is 0.0725. The zero-order valence-electron chi connectivity index (χ0n) is 9.59. The summed E-state index contributed by atoms with van der Waals surface area (Å²) in [4.78, 5) is 13.3. The lowest BCUT2D eigenvalue weighted by Crippen LogP contribution is -2.41. The molecular weight excluding hydrogens is 204 g/mol. The maximum absolute atomic E-state index is 11.2. The van der Waals surface area contributed by atoms with E-state index in [2.05, 4.69) is 10.00 Å². The van der Waals surface area contributed by atoms with Crippen LogP contribution in [0.4, 0.5) is 0 Å². The number of nitrogens with two attached hydrogens (primary N) is 1. The highest BCUT2D eigenvalue weighted by atomic mass is 16.1. The predicted octanol–water partition coefficient (Wildman–Crippen LogP) is 0.141. The Hall–Kier alpha value is -1.36. The van der Waals surface area contributed by atoms with Gasteiger partial charge in [-0.2, -0.15) is 5.10 Å². The van der Waals surface area contributed by atoms with E-state index in [9.17, 15) is 4.79 Å². The fraction of sp³-hybridized carbons (Fsp3) is 0.636. The number of carbonyl (C=O) groups excluding carboxylic acids is 1. The Morgan fingerprint density at radius 3 is 3.06 bits per heavy atom. The molecule has 1 fully saturated rings. The van der Waals surface area contributed by atoms with Gasteiger partial charge in [-0.15, -0.1) is 0 Å². The van der Waals surface area contributed by atoms with Crippen molar-refractivity contribution in [3.05, 3.63) is 18.0 Å². The molecule has 1 aliphatic heterocycles. The summed E-state index contributed by atoms with van der Waals surface area (Å²) >= 11 is 0. The molecule has 1 aromatic rings. The van der Waals surface area contributed by atoms with E-state index in [0.29, 0.717) is 0 Å². The summed E-state index contributed by atoms with van der Waals surface area (Å²) in [6, 6.07) is 1.91. The minimum atomic E-state index is -0.200. The van der Waals surface area contributed by atoms with E-state index in [-0.39, 0.29) is 11.9 Å². The van der Waals surface area contributed by atoms with Crippen molar-refractivity contribution >= 4 is 5.91 Å². The lowest BCUT2D eigenvalue weighted by atomic mass is 10.2. The number of aryl methyl sites for hydroxylation is 1. The highest BCUT2D eigenvalue weighted by Crippen LogP contribution is 2.16. The topological polar surface area (TPSA) is 64.2 Å². The van der Waals surface area contributed by atoms with Gasteiger partial charge in [0.15, 0.2) is 0 Å². The van der Waals surface area contributed by atoms with Crippen LogP contribution in [0.25, 0.3) is 0 Å². The maximum Gasteiger partial charge on any atom is 0.234 e. The van der Waals surface area contributed by atoms with Gasteiger partial charge in [-0.3, -0.25) is 14.4 Å². The third kappa shape index (κ3) is 2.41. The van der Waals surface area contributed by atoms with Crippen LogP contribution in [-0.2, 0) is 11.3 Å². The van der Waals surface area contributed by atoms with E-state index in [1.54, 1.807) is 0 Å². The molecule has 88 valence electrons. The molecule has 5 heteroatoms. The molecular formula is C11H18N4O. The molecule has 0 unspecified atom stereocenters. The van der Waals surface area contributed by atoms with E-state index >= 15 is 0 Å². The molecule has 2 N–H and O–H groups in total. The lowest BCUT2D eigenvalue weighted by Gasteiger charge is -2.21. The first-order valence-electron chi connectivity index (χ1n) is 5.70. The van der Waals surface area contributed by atoms with Crippen LogP contribution >= 0.6 is 0 Å². The van der Waals surface area contributed by atoms with Gasteiger partial charge in [-0.05, 0) is 32.4 Å². The normalized spacial score (nSPS) is 21.4. The summed E-state index contributed by atoms with van der Waals surface area (Å²) < 4.78 is 1.91. The van der Waals surface area contributed by atoms with E-state index < -0.39 is 0 Å². The number of carbonyl (C=O) groups is 1. The molecule has 1 saturated heterocycles. The van der Waals surface area contributed by atoms with Crippen molar-refractivity contribution < 1.29 is 4.79 Å². The molecule has 0 saturated carbocycles. The number of nitrogens with zero attached hydrogens (tertiary/aromatic N) is 3. The third-order valence-electron chi connectivity index (χ3n) is 3.08. The monoisotopic (exact) mass is 222 g/mol. The number of amides is 1. The minimum Gasteiger partial charge on any atom is -0.368 e. The molecule has 1 atom stereocenters. The average molecular weight is 222 g/mol. The standard InChI is InChI=1S/C11H18N4O/c1-9-4-6-15(13-9)8-7-14-5-2-3-10(14)11(12)16/h4,6,10H,2-3,5,7-8H2,1H3,(H2,12,16)/t10-/m0/s1. The smallest absolute Gasteiger partial charge is 0.234 e. The van der Waals surface area contributed by atoms with Gasteiger partial charge in [-0.1, -0.05) is 0 Å². The van der Waals surface area contributed by atoms with Crippen LogP contribution in [-0.4, -0.2) is 39.7 Å². The Morgan fingerprint density at radius 1 is 1.62 bits per heavy atom. The Bertz CT molecular complexity index is 374. The average Bonchev–Trinajstić information content (AvgIpc) is 2.83. The van der Waals surface area contributed by atoms with Crippen LogP contribution in [0.2, 0.25) is 0 Å². The molecule has 0 aliphatic carbocycles. The summed E-state index contributed by atoms with van der Waals surface area (Å²) in [5.41, 5.74) is 6.38. The molecule has 2 heterocycles. The number of likely N-dealkylation sites (tertiary alicyclic amines) is 1. The van der Waals surface area contributed by atoms with Crippen LogP contribution in [0.3, 0.4) is 0 Å². The second-order valence-corrected chi connectivity index (χ2v) is 4.32. The zero-order chi connectivity index (χ0) is 11.5. The molecule has 1 aromatic heterocycles. The van der Waals surface area contributed by atoms with Gasteiger partial charge < -0.3 is 5.73 Å².